The highest BCUT2D eigenvalue weighted by molar-refractivity contribution is 6.04. The molecule has 3 unspecified atom stereocenters. The Bertz CT molecular complexity index is 3340. The van der Waals surface area contributed by atoms with Gasteiger partial charge in [-0.15, -0.1) is 0 Å². The molecule has 4 fully saturated rings. The van der Waals surface area contributed by atoms with Crippen LogP contribution in [0, 0.1) is 46.8 Å². The number of carbonyl (C=O) groups is 9. The van der Waals surface area contributed by atoms with Crippen molar-refractivity contribution in [2.24, 2.45) is 46.8 Å². The Morgan fingerprint density at radius 3 is 1.90 bits per heavy atom. The van der Waals surface area contributed by atoms with Gasteiger partial charge in [-0.3, -0.25) is 58.4 Å². The lowest BCUT2D eigenvalue weighted by molar-refractivity contribution is -0.161. The van der Waals surface area contributed by atoms with Gasteiger partial charge in [0.15, 0.2) is 0 Å². The topological polar surface area (TPSA) is 287 Å². The Labute approximate surface area is 684 Å². The van der Waals surface area contributed by atoms with Crippen LogP contribution >= 0.6 is 0 Å². The number of anilines is 1. The van der Waals surface area contributed by atoms with Gasteiger partial charge in [0.05, 0.1) is 73.9 Å². The smallest absolute Gasteiger partial charge is 0.410 e. The highest BCUT2D eigenvalue weighted by atomic mass is 19.4. The number of carbonyl (C=O) groups excluding carboxylic acids is 9. The minimum absolute atomic E-state index is 0.0992. The fraction of sp³-hybridized carbons (Fsp3) is 0.761. The molecule has 2 aromatic rings. The van der Waals surface area contributed by atoms with Gasteiger partial charge in [-0.2, -0.15) is 13.2 Å². The Morgan fingerprint density at radius 2 is 1.31 bits per heavy atom. The molecule has 27 heteroatoms. The number of likely N-dealkylation sites (tertiary alicyclic amines) is 2. The van der Waals surface area contributed by atoms with Crippen LogP contribution in [0.1, 0.15) is 248 Å². The summed E-state index contributed by atoms with van der Waals surface area (Å²) in [7, 11) is 6.09. The molecule has 115 heavy (non-hydrogen) atoms. The van der Waals surface area contributed by atoms with Crippen molar-refractivity contribution in [2.45, 2.75) is 310 Å². The number of halogens is 3. The van der Waals surface area contributed by atoms with E-state index in [1.165, 1.54) is 56.8 Å². The number of ether oxygens (including phenoxy) is 4. The summed E-state index contributed by atoms with van der Waals surface area (Å²) in [5.74, 6) is -5.73. The number of aliphatic hydroxyl groups excluding tert-OH is 1. The van der Waals surface area contributed by atoms with E-state index in [4.69, 9.17) is 18.9 Å². The predicted molar refractivity (Wildman–Crippen MR) is 440 cm³/mol. The zero-order valence-electron chi connectivity index (χ0n) is 72.1. The van der Waals surface area contributed by atoms with Crippen LogP contribution in [-0.4, -0.2) is 224 Å². The molecule has 6 N–H and O–H groups in total. The maximum Gasteiger partial charge on any atom is 0.410 e. The van der Waals surface area contributed by atoms with E-state index < -0.39 is 132 Å². The van der Waals surface area contributed by atoms with Crippen molar-refractivity contribution in [3.63, 3.8) is 0 Å². The molecule has 2 aromatic carbocycles. The summed E-state index contributed by atoms with van der Waals surface area (Å²) in [5, 5.41) is 25.2. The molecule has 1 aliphatic carbocycles. The van der Waals surface area contributed by atoms with Crippen molar-refractivity contribution >= 4 is 59.0 Å². The summed E-state index contributed by atoms with van der Waals surface area (Å²) in [5.41, 5.74) is 1.24. The molecule has 1 saturated carbocycles. The monoisotopic (exact) mass is 1620 g/mol. The molecule has 0 spiro atoms. The summed E-state index contributed by atoms with van der Waals surface area (Å²) in [6, 6.07) is 7.05. The number of nitrogens with one attached hydrogen (secondary N) is 5. The minimum atomic E-state index is -4.74. The summed E-state index contributed by atoms with van der Waals surface area (Å²) in [6.45, 7) is 25.6. The standard InChI is InChI=1S/C88H143F3N10O14/c1-17-20-46-87(19-3,65-37-29-23-21-22-24-30-38-65)67-54-72(102)101(84(67)109)48-32-26-31-41-71(88(89,90)91)95-74(57(4)5)82(107)94-68(39-33-47-99-50-52-114-53-51-99)81(106)93-66-44-42-63(43-45-66)56-115-86(111)98(14)76(59(8)9)83(108)96-75(58(6)7)85(110)97(13)77(60(10)18-2)70(112-15)55-73(103)100-49-34-40-69(100)79(113-16)61(11)80(105)92-62(12)78(104)64-35-27-25-28-36-64/h25,27-28,35-36,42-45,57-62,65,67-71,74-79,95,104H,17-24,26,29-34,37-41,46-56H2,1-16H3,(H,92,105)(H,93,106)(H,94,107)(H,96,108)/t60-,61+,62+,67?,68-,69-,70+,71?,74-,75-,76-,77-,78+,79+,87?/m0/s1. The average Bonchev–Trinajstić information content (AvgIpc) is 1.63. The first-order chi connectivity index (χ1) is 54.7. The molecule has 0 radical (unpaired) electrons. The number of imide groups is 1. The van der Waals surface area contributed by atoms with Crippen molar-refractivity contribution in [1.29, 1.82) is 0 Å². The van der Waals surface area contributed by atoms with Crippen LogP contribution in [0.3, 0.4) is 0 Å². The number of benzene rings is 2. The van der Waals surface area contributed by atoms with Crippen molar-refractivity contribution in [2.75, 3.05) is 79.6 Å². The summed E-state index contributed by atoms with van der Waals surface area (Å²) in [4.78, 5) is 137. The maximum atomic E-state index is 15.1. The predicted octanol–water partition coefficient (Wildman–Crippen LogP) is 12.9. The zero-order chi connectivity index (χ0) is 84.9. The van der Waals surface area contributed by atoms with Crippen LogP contribution in [0.4, 0.5) is 23.7 Å². The third-order valence-electron chi connectivity index (χ3n) is 25.2. The van der Waals surface area contributed by atoms with E-state index in [0.29, 0.717) is 101 Å². The van der Waals surface area contributed by atoms with E-state index in [9.17, 15) is 48.3 Å². The largest absolute Gasteiger partial charge is 0.445 e. The van der Waals surface area contributed by atoms with Gasteiger partial charge in [0, 0.05) is 66.6 Å². The first kappa shape index (κ1) is 97.1. The fourth-order valence-electron chi connectivity index (χ4n) is 18.1. The van der Waals surface area contributed by atoms with E-state index in [-0.39, 0.29) is 80.2 Å². The molecular formula is C88H143F3N10O14. The van der Waals surface area contributed by atoms with E-state index in [0.717, 1.165) is 51.4 Å². The molecule has 0 aromatic heterocycles. The number of rotatable bonds is 45. The third-order valence-corrected chi connectivity index (χ3v) is 25.2. The van der Waals surface area contributed by atoms with Crippen molar-refractivity contribution in [3.05, 3.63) is 65.7 Å². The number of hydrogen-bond acceptors (Lipinski definition) is 16. The van der Waals surface area contributed by atoms with Gasteiger partial charge >= 0.3 is 12.3 Å². The lowest BCUT2D eigenvalue weighted by Gasteiger charge is -2.44. The number of morpholine rings is 1. The highest BCUT2D eigenvalue weighted by Crippen LogP contribution is 2.52. The zero-order valence-corrected chi connectivity index (χ0v) is 72.1. The molecule has 0 bridgehead atoms. The van der Waals surface area contributed by atoms with E-state index in [1.807, 2.05) is 32.0 Å². The van der Waals surface area contributed by atoms with Gasteiger partial charge in [0.1, 0.15) is 30.8 Å². The Morgan fingerprint density at radius 1 is 0.670 bits per heavy atom. The second-order valence-corrected chi connectivity index (χ2v) is 34.2. The van der Waals surface area contributed by atoms with Crippen molar-refractivity contribution in [1.82, 2.24) is 45.8 Å². The molecule has 9 amide bonds. The number of amides is 9. The lowest BCUT2D eigenvalue weighted by atomic mass is 9.59. The number of methoxy groups -OCH3 is 2. The molecular weight excluding hydrogens is 1480 g/mol. The van der Waals surface area contributed by atoms with E-state index >= 15 is 13.2 Å². The van der Waals surface area contributed by atoms with Gasteiger partial charge in [-0.1, -0.05) is 189 Å². The molecule has 3 heterocycles. The number of aliphatic hydroxyl groups is 1. The molecule has 4 aliphatic rings. The molecule has 650 valence electrons. The molecule has 24 nitrogen and oxygen atoms in total. The summed E-state index contributed by atoms with van der Waals surface area (Å²) in [6.07, 6.45) is 7.92. The Hall–Kier alpha value is -6.78. The Balaban J connectivity index is 1.05. The van der Waals surface area contributed by atoms with Crippen LogP contribution in [0.5, 0.6) is 0 Å². The average molecular weight is 1620 g/mol. The van der Waals surface area contributed by atoms with E-state index in [2.05, 4.69) is 45.3 Å². The number of hydrogen-bond donors (Lipinski definition) is 6. The van der Waals surface area contributed by atoms with Crippen LogP contribution in [-0.2, 0) is 63.9 Å². The van der Waals surface area contributed by atoms with Gasteiger partial charge in [0.25, 0.3) is 0 Å². The molecule has 15 atom stereocenters. The van der Waals surface area contributed by atoms with Gasteiger partial charge in [0.2, 0.25) is 47.3 Å². The van der Waals surface area contributed by atoms with Crippen molar-refractivity contribution < 1.29 is 80.4 Å². The lowest BCUT2D eigenvalue weighted by Crippen LogP contribution is -2.60. The number of nitrogens with zero attached hydrogens (tertiary/aromatic N) is 5. The first-order valence-electron chi connectivity index (χ1n) is 43.2. The normalized spacial score (nSPS) is 20.6. The van der Waals surface area contributed by atoms with Gasteiger partial charge in [-0.25, -0.2) is 4.79 Å². The van der Waals surface area contributed by atoms with Crippen LogP contribution in [0.2, 0.25) is 0 Å². The minimum Gasteiger partial charge on any atom is -0.445 e. The number of alkyl halides is 3. The van der Waals surface area contributed by atoms with Crippen LogP contribution in [0.15, 0.2) is 54.6 Å². The summed E-state index contributed by atoms with van der Waals surface area (Å²) >= 11 is 0. The second kappa shape index (κ2) is 47.7. The second-order valence-electron chi connectivity index (χ2n) is 34.2. The SMILES string of the molecule is CCCCC(CC)(C1CCCCCCCC1)C1CC(=O)N(CCCCCC(N[C@H](C(=O)N[C@@H](CCCN2CCOCC2)C(=O)Nc2ccc(COC(=O)N(C)[C@H](C(=O)N[C@H](C(=O)N(C)[C@@H]([C@@H](C)CC)[C@@H](CC(=O)N3CCC[C@H]3[C@H](OC)[C@@H](C)C(=O)N[C@H](C)[C@@H](O)c3ccccc3)OC)C(C)C)C(C)C)cc2)C(C)C)C(F)(F)F)C1=O. The first-order valence-corrected chi connectivity index (χ1v) is 43.2. The quantitative estimate of drug-likeness (QED) is 0.0265. The number of unbranched alkanes of at least 4 members (excludes halogenated alkanes) is 3. The van der Waals surface area contributed by atoms with Gasteiger partial charge in [-0.05, 0) is 136 Å². The Kier molecular flexibility index (Phi) is 40.3. The fourth-order valence-corrected chi connectivity index (χ4v) is 18.1. The van der Waals surface area contributed by atoms with Crippen LogP contribution < -0.4 is 26.6 Å². The van der Waals surface area contributed by atoms with Crippen molar-refractivity contribution in [3.8, 4) is 0 Å². The maximum absolute atomic E-state index is 15.1. The van der Waals surface area contributed by atoms with Gasteiger partial charge < -0.3 is 55.1 Å². The van der Waals surface area contributed by atoms with E-state index in [1.54, 1.807) is 109 Å². The highest BCUT2D eigenvalue weighted by Gasteiger charge is 2.53. The molecule has 3 saturated heterocycles. The molecule has 6 rings (SSSR count). The third kappa shape index (κ3) is 27.6. The summed E-state index contributed by atoms with van der Waals surface area (Å²) < 4.78 is 68.6. The molecule has 3 aliphatic heterocycles. The number of likely N-dealkylation sites (N-methyl/N-ethyl adjacent to an activating group) is 2. The van der Waals surface area contributed by atoms with Crippen LogP contribution in [0.25, 0.3) is 0 Å².